The molecule has 16 heavy (non-hydrogen) atoms. The SMILES string of the molecule is Oc1ccccc1-c1ccc2cc[nH]c2c1. The minimum Gasteiger partial charge on any atom is -0.507 e. The van der Waals surface area contributed by atoms with E-state index in [-0.39, 0.29) is 0 Å². The summed E-state index contributed by atoms with van der Waals surface area (Å²) >= 11 is 0. The summed E-state index contributed by atoms with van der Waals surface area (Å²) in [5, 5.41) is 11.0. The highest BCUT2D eigenvalue weighted by Gasteiger charge is 2.04. The Hall–Kier alpha value is -2.22. The fourth-order valence-corrected chi connectivity index (χ4v) is 1.93. The molecule has 0 saturated carbocycles. The molecule has 78 valence electrons. The van der Waals surface area contributed by atoms with Crippen LogP contribution in [0.2, 0.25) is 0 Å². The monoisotopic (exact) mass is 209 g/mol. The lowest BCUT2D eigenvalue weighted by Gasteiger charge is -2.04. The molecule has 1 aromatic heterocycles. The summed E-state index contributed by atoms with van der Waals surface area (Å²) in [5.74, 6) is 0.313. The van der Waals surface area contributed by atoms with Crippen molar-refractivity contribution in [2.24, 2.45) is 0 Å². The highest BCUT2D eigenvalue weighted by atomic mass is 16.3. The zero-order valence-corrected chi connectivity index (χ0v) is 8.64. The third-order valence-electron chi connectivity index (χ3n) is 2.77. The maximum absolute atomic E-state index is 9.78. The van der Waals surface area contributed by atoms with Crippen molar-refractivity contribution in [1.29, 1.82) is 0 Å². The molecule has 0 spiro atoms. The molecule has 0 fully saturated rings. The molecule has 2 nitrogen and oxygen atoms in total. The molecular weight excluding hydrogens is 198 g/mol. The number of para-hydroxylation sites is 1. The Labute approximate surface area is 93.2 Å². The molecule has 0 aliphatic carbocycles. The molecule has 0 unspecified atom stereocenters. The van der Waals surface area contributed by atoms with E-state index in [1.54, 1.807) is 6.07 Å². The minimum absolute atomic E-state index is 0.313. The highest BCUT2D eigenvalue weighted by molar-refractivity contribution is 5.85. The van der Waals surface area contributed by atoms with Crippen molar-refractivity contribution >= 4 is 10.9 Å². The summed E-state index contributed by atoms with van der Waals surface area (Å²) in [6.07, 6.45) is 1.92. The number of H-pyrrole nitrogens is 1. The largest absolute Gasteiger partial charge is 0.507 e. The standard InChI is InChI=1S/C14H11NO/c16-14-4-2-1-3-12(14)11-6-5-10-7-8-15-13(10)9-11/h1-9,15-16H. The number of benzene rings is 2. The first-order valence-corrected chi connectivity index (χ1v) is 5.20. The van der Waals surface area contributed by atoms with Gasteiger partial charge in [-0.3, -0.25) is 0 Å². The van der Waals surface area contributed by atoms with Gasteiger partial charge in [0.15, 0.2) is 0 Å². The summed E-state index contributed by atoms with van der Waals surface area (Å²) in [6.45, 7) is 0. The number of aromatic hydroxyl groups is 1. The smallest absolute Gasteiger partial charge is 0.123 e. The topological polar surface area (TPSA) is 36.0 Å². The molecule has 0 aliphatic rings. The Balaban J connectivity index is 2.22. The highest BCUT2D eigenvalue weighted by Crippen LogP contribution is 2.30. The van der Waals surface area contributed by atoms with Gasteiger partial charge in [0, 0.05) is 17.3 Å². The minimum atomic E-state index is 0.313. The summed E-state index contributed by atoms with van der Waals surface area (Å²) < 4.78 is 0. The Bertz CT molecular complexity index is 640. The van der Waals surface area contributed by atoms with Gasteiger partial charge in [0.25, 0.3) is 0 Å². The molecule has 3 aromatic rings. The van der Waals surface area contributed by atoms with Crippen molar-refractivity contribution in [2.45, 2.75) is 0 Å². The Morgan fingerprint density at radius 2 is 1.81 bits per heavy atom. The molecule has 2 heteroatoms. The molecule has 0 saturated heterocycles. The predicted octanol–water partition coefficient (Wildman–Crippen LogP) is 3.54. The number of rotatable bonds is 1. The van der Waals surface area contributed by atoms with E-state index >= 15 is 0 Å². The summed E-state index contributed by atoms with van der Waals surface area (Å²) in [7, 11) is 0. The molecule has 0 amide bonds. The van der Waals surface area contributed by atoms with E-state index in [9.17, 15) is 5.11 Å². The summed E-state index contributed by atoms with van der Waals surface area (Å²) in [6, 6.07) is 15.5. The number of nitrogens with one attached hydrogen (secondary N) is 1. The summed E-state index contributed by atoms with van der Waals surface area (Å²) in [5.41, 5.74) is 2.97. The molecule has 0 bridgehead atoms. The number of hydrogen-bond acceptors (Lipinski definition) is 1. The van der Waals surface area contributed by atoms with Crippen LogP contribution in [0.4, 0.5) is 0 Å². The summed E-state index contributed by atoms with van der Waals surface area (Å²) in [4.78, 5) is 3.17. The van der Waals surface area contributed by atoms with Crippen LogP contribution in [0, 0.1) is 0 Å². The van der Waals surface area contributed by atoms with Gasteiger partial charge >= 0.3 is 0 Å². The maximum Gasteiger partial charge on any atom is 0.123 e. The maximum atomic E-state index is 9.78. The lowest BCUT2D eigenvalue weighted by Crippen LogP contribution is -1.78. The van der Waals surface area contributed by atoms with E-state index in [4.69, 9.17) is 0 Å². The fraction of sp³-hybridized carbons (Fsp3) is 0. The van der Waals surface area contributed by atoms with Gasteiger partial charge in [0.05, 0.1) is 0 Å². The average molecular weight is 209 g/mol. The van der Waals surface area contributed by atoms with E-state index in [2.05, 4.69) is 4.98 Å². The van der Waals surface area contributed by atoms with Crippen LogP contribution < -0.4 is 0 Å². The van der Waals surface area contributed by atoms with Crippen molar-refractivity contribution in [2.75, 3.05) is 0 Å². The van der Waals surface area contributed by atoms with Crippen molar-refractivity contribution in [3.05, 3.63) is 54.7 Å². The van der Waals surface area contributed by atoms with Crippen LogP contribution in [-0.2, 0) is 0 Å². The van der Waals surface area contributed by atoms with Crippen LogP contribution in [0.25, 0.3) is 22.0 Å². The van der Waals surface area contributed by atoms with Gasteiger partial charge in [-0.05, 0) is 29.1 Å². The van der Waals surface area contributed by atoms with E-state index in [0.717, 1.165) is 16.6 Å². The van der Waals surface area contributed by atoms with Crippen molar-refractivity contribution < 1.29 is 5.11 Å². The van der Waals surface area contributed by atoms with E-state index in [1.807, 2.05) is 48.7 Å². The fourth-order valence-electron chi connectivity index (χ4n) is 1.93. The van der Waals surface area contributed by atoms with Gasteiger partial charge in [-0.1, -0.05) is 30.3 Å². The average Bonchev–Trinajstić information content (AvgIpc) is 2.76. The number of aromatic amines is 1. The first-order chi connectivity index (χ1) is 7.84. The van der Waals surface area contributed by atoms with Gasteiger partial charge in [-0.15, -0.1) is 0 Å². The predicted molar refractivity (Wildman–Crippen MR) is 65.4 cm³/mol. The van der Waals surface area contributed by atoms with Gasteiger partial charge < -0.3 is 10.1 Å². The first kappa shape index (κ1) is 9.04. The zero-order valence-electron chi connectivity index (χ0n) is 8.64. The zero-order chi connectivity index (χ0) is 11.0. The normalized spacial score (nSPS) is 10.8. The molecule has 0 aliphatic heterocycles. The Morgan fingerprint density at radius 3 is 2.69 bits per heavy atom. The Morgan fingerprint density at radius 1 is 0.938 bits per heavy atom. The lowest BCUT2D eigenvalue weighted by atomic mass is 10.0. The van der Waals surface area contributed by atoms with Gasteiger partial charge in [-0.25, -0.2) is 0 Å². The van der Waals surface area contributed by atoms with Crippen LogP contribution in [0.1, 0.15) is 0 Å². The molecular formula is C14H11NO. The third-order valence-corrected chi connectivity index (χ3v) is 2.77. The quantitative estimate of drug-likeness (QED) is 0.631. The first-order valence-electron chi connectivity index (χ1n) is 5.20. The molecule has 3 rings (SSSR count). The second kappa shape index (κ2) is 3.42. The number of aromatic nitrogens is 1. The van der Waals surface area contributed by atoms with Gasteiger partial charge in [-0.2, -0.15) is 0 Å². The van der Waals surface area contributed by atoms with Gasteiger partial charge in [0.2, 0.25) is 0 Å². The van der Waals surface area contributed by atoms with Crippen LogP contribution in [0.15, 0.2) is 54.7 Å². The van der Waals surface area contributed by atoms with Crippen LogP contribution >= 0.6 is 0 Å². The number of fused-ring (bicyclic) bond motifs is 1. The molecule has 2 aromatic carbocycles. The van der Waals surface area contributed by atoms with Crippen molar-refractivity contribution in [3.8, 4) is 16.9 Å². The number of hydrogen-bond donors (Lipinski definition) is 2. The third kappa shape index (κ3) is 1.36. The second-order valence-electron chi connectivity index (χ2n) is 3.80. The van der Waals surface area contributed by atoms with E-state index in [1.165, 1.54) is 5.39 Å². The number of phenolic OH excluding ortho intramolecular Hbond substituents is 1. The Kier molecular flexibility index (Phi) is 1.93. The molecule has 2 N–H and O–H groups in total. The lowest BCUT2D eigenvalue weighted by molar-refractivity contribution is 0.477. The van der Waals surface area contributed by atoms with Crippen LogP contribution in [-0.4, -0.2) is 10.1 Å². The molecule has 1 heterocycles. The van der Waals surface area contributed by atoms with Crippen LogP contribution in [0.5, 0.6) is 5.75 Å². The molecule has 0 radical (unpaired) electrons. The number of phenols is 1. The van der Waals surface area contributed by atoms with E-state index in [0.29, 0.717) is 5.75 Å². The second-order valence-corrected chi connectivity index (χ2v) is 3.80. The van der Waals surface area contributed by atoms with Crippen molar-refractivity contribution in [1.82, 2.24) is 4.98 Å². The van der Waals surface area contributed by atoms with Crippen LogP contribution in [0.3, 0.4) is 0 Å². The van der Waals surface area contributed by atoms with Crippen molar-refractivity contribution in [3.63, 3.8) is 0 Å². The van der Waals surface area contributed by atoms with E-state index < -0.39 is 0 Å². The molecule has 0 atom stereocenters. The van der Waals surface area contributed by atoms with Gasteiger partial charge in [0.1, 0.15) is 5.75 Å².